The fourth-order valence-corrected chi connectivity index (χ4v) is 20.4. The number of aryl methyl sites for hydroxylation is 5. The molecule has 15 heteroatoms. The molecule has 0 bridgehead atoms. The van der Waals surface area contributed by atoms with Crippen LogP contribution in [0.3, 0.4) is 0 Å². The lowest BCUT2D eigenvalue weighted by molar-refractivity contribution is 0.381. The Kier molecular flexibility index (Phi) is 15.2. The van der Waals surface area contributed by atoms with E-state index in [4.69, 9.17) is 25.5 Å². The van der Waals surface area contributed by atoms with Gasteiger partial charge in [-0.1, -0.05) is 141 Å². The van der Waals surface area contributed by atoms with Gasteiger partial charge in [0.2, 0.25) is 0 Å². The Labute approximate surface area is 716 Å². The third-order valence-corrected chi connectivity index (χ3v) is 27.1. The van der Waals surface area contributed by atoms with E-state index in [9.17, 15) is 0 Å². The van der Waals surface area contributed by atoms with E-state index in [0.29, 0.717) is 17.4 Å². The van der Waals surface area contributed by atoms with Gasteiger partial charge in [0.15, 0.2) is 0 Å². The number of hydrogen-bond acceptors (Lipinski definition) is 15. The fourth-order valence-electron chi connectivity index (χ4n) is 20.4. The van der Waals surface area contributed by atoms with Crippen LogP contribution in [0.4, 0.5) is 28.4 Å². The maximum Gasteiger partial charge on any atom is 0.102 e. The first-order valence-corrected chi connectivity index (χ1v) is 41.1. The van der Waals surface area contributed by atoms with Crippen LogP contribution >= 0.6 is 0 Å². The molecule has 15 nitrogen and oxygen atoms in total. The zero-order valence-corrected chi connectivity index (χ0v) is 70.6. The van der Waals surface area contributed by atoms with E-state index in [1.165, 1.54) is 122 Å². The first kappa shape index (κ1) is 61.9. The topological polar surface area (TPSA) is 96.8 Å². The molecule has 600 valence electrons. The number of fused-ring (bicyclic) bond motifs is 17. The number of anilines is 5. The van der Waals surface area contributed by atoms with Gasteiger partial charge in [-0.05, 0) is 214 Å². The Morgan fingerprint density at radius 2 is 0.675 bits per heavy atom. The van der Waals surface area contributed by atoms with Crippen LogP contribution in [0.2, 0.25) is 0 Å². The largest absolute Gasteiger partial charge is 0.359 e. The maximum atomic E-state index is 8.37. The van der Waals surface area contributed by atoms with E-state index in [-0.39, 0.29) is 40.2 Å². The molecule has 0 saturated heterocycles. The summed E-state index contributed by atoms with van der Waals surface area (Å²) in [6.07, 6.45) is 33.0. The first-order valence-electron chi connectivity index (χ1n) is 48.6. The van der Waals surface area contributed by atoms with Crippen LogP contribution in [0, 0.1) is 34.6 Å². The van der Waals surface area contributed by atoms with Gasteiger partial charge >= 0.3 is 0 Å². The van der Waals surface area contributed by atoms with E-state index in [1.807, 2.05) is 130 Å². The predicted molar refractivity (Wildman–Crippen MR) is 484 cm³/mol. The molecule has 21 rings (SSSR count). The average molecular weight is 1570 g/mol. The summed E-state index contributed by atoms with van der Waals surface area (Å²) in [6, 6.07) is 40.0. The van der Waals surface area contributed by atoms with Crippen LogP contribution in [0.15, 0.2) is 214 Å². The highest BCUT2D eigenvalue weighted by atomic mass is 15.4. The molecule has 0 radical (unpaired) electrons. The zero-order valence-electron chi connectivity index (χ0n) is 85.6. The summed E-state index contributed by atoms with van der Waals surface area (Å²) in [7, 11) is 2.12. The molecule has 1 unspecified atom stereocenters. The summed E-state index contributed by atoms with van der Waals surface area (Å²) in [5.74, 6) is 0. The lowest BCUT2D eigenvalue weighted by Crippen LogP contribution is -2.36. The number of pyridine rings is 5. The first-order chi connectivity index (χ1) is 61.9. The third-order valence-electron chi connectivity index (χ3n) is 27.1. The molecule has 1 saturated carbocycles. The maximum absolute atomic E-state index is 8.37. The number of nitrogens with zero attached hydrogens (tertiary/aromatic N) is 15. The molecule has 5 aliphatic heterocycles. The second-order valence-corrected chi connectivity index (χ2v) is 35.1. The van der Waals surface area contributed by atoms with Crippen molar-refractivity contribution in [1.82, 2.24) is 49.4 Å². The lowest BCUT2D eigenvalue weighted by Gasteiger charge is -2.35. The molecule has 10 heterocycles. The summed E-state index contributed by atoms with van der Waals surface area (Å²) in [6.45, 7) is 24.4. The van der Waals surface area contributed by atoms with Gasteiger partial charge in [0.1, 0.15) is 30.8 Å². The lowest BCUT2D eigenvalue weighted by atomic mass is 9.77. The van der Waals surface area contributed by atoms with Crippen molar-refractivity contribution in [1.29, 1.82) is 0 Å². The molecule has 6 aliphatic carbocycles. The molecule has 0 N–H and O–H groups in total. The van der Waals surface area contributed by atoms with Gasteiger partial charge in [-0.25, -0.2) is 0 Å². The molecular formula is C102H117N15. The standard InChI is InChI=1S/C22H25N3.4C20H23N3/c1-15-8-9-17-18-7-6-12-23-21(18)22(10-4-5-11-22)19(17)20(15)25-14-13-24(3)16(25)2;1-13-6-7-15-16-12-21-9-8-17(16)20(3,4)18(15)19(13)23-11-10-22(5)14(23)2;1-13-8-9-15-16-7-6-10-21-19(16)20(3,4)17(15)18(13)23-12-11-22(5)14(23)2;2*1-13-11-17-16(12-18(13)23-10-9-22(5)14(23)2)15-7-6-8-21-19(15)20(17,3)4/h6-9,12-14,16H,4-5,10-11H2,1-3H3;4*6-12,14H,1-5H3/t16-;4*14-/m00000/s1/i3D3;5D3;3D3,5D3;5D3;/t2m;14-,20?;m;. The molecule has 5 aromatic carbocycles. The van der Waals surface area contributed by atoms with Gasteiger partial charge in [0.25, 0.3) is 0 Å². The average Bonchev–Trinajstić information content (AvgIpc) is 1.53. The fraction of sp³-hybridized carbons (Fsp3) is 0.363. The Balaban J connectivity index is 0.000000115. The van der Waals surface area contributed by atoms with E-state index in [2.05, 4.69) is 208 Å². The SMILES string of the molecule is Cc1cc2c(cc1N1C=CN(C)[C@@H]1C)-c1cccnc1C2(C)C.[2H]C([2H])([2H])N1C=CN(c2c(C)ccc3c2C(C)(C([2H])([2H])[2H])c2ncccc2-3)[C@H]1C.[2H]C([2H])([2H])N1C=CN(c2c(C)ccc3c2C(C)(C)c2ccncc2-3)[C@H]1C.[2H]C([2H])([2H])N1C=CN(c2c(C)ccc3c2C2(CCCC2)c2ncccc2-3)[C@H]1C.[2H]C([2H])([2H])N1C=CN(c2cc3c(cc2C)C(C)(C)c2ncccc2-3)[C@H]1C. The smallest absolute Gasteiger partial charge is 0.102 e. The van der Waals surface area contributed by atoms with Crippen LogP contribution in [-0.4, -0.2) is 115 Å². The minimum absolute atomic E-state index is 0.0293. The highest BCUT2D eigenvalue weighted by molar-refractivity contribution is 5.91. The van der Waals surface area contributed by atoms with Crippen molar-refractivity contribution in [3.63, 3.8) is 0 Å². The van der Waals surface area contributed by atoms with Crippen molar-refractivity contribution in [3.05, 3.63) is 298 Å². The van der Waals surface area contributed by atoms with E-state index in [0.717, 1.165) is 80.2 Å². The Morgan fingerprint density at radius 1 is 0.325 bits per heavy atom. The highest BCUT2D eigenvalue weighted by Crippen LogP contribution is 2.61. The van der Waals surface area contributed by atoms with Crippen molar-refractivity contribution in [2.45, 2.75) is 208 Å². The normalized spacial score (nSPS) is 24.5. The molecule has 10 aromatic rings. The summed E-state index contributed by atoms with van der Waals surface area (Å²) < 4.78 is 118. The second kappa shape index (κ2) is 28.7. The van der Waals surface area contributed by atoms with Gasteiger partial charge in [-0.15, -0.1) is 0 Å². The molecule has 5 aromatic heterocycles. The molecule has 1 spiro atoms. The Hall–Kier alpha value is -11.5. The third kappa shape index (κ3) is 12.2. The number of aromatic nitrogens is 5. The summed E-state index contributed by atoms with van der Waals surface area (Å²) in [5.41, 5.74) is 31.9. The van der Waals surface area contributed by atoms with Gasteiger partial charge in [0.05, 0.1) is 39.8 Å². The van der Waals surface area contributed by atoms with Crippen LogP contribution < -0.4 is 24.5 Å². The highest BCUT2D eigenvalue weighted by Gasteiger charge is 2.50. The quantitative estimate of drug-likeness (QED) is 0.163. The Bertz CT molecular complexity index is 6400. The predicted octanol–water partition coefficient (Wildman–Crippen LogP) is 21.9. The number of hydrogen-bond donors (Lipinski definition) is 0. The van der Waals surface area contributed by atoms with Crippen molar-refractivity contribution in [3.8, 4) is 55.6 Å². The summed E-state index contributed by atoms with van der Waals surface area (Å²) in [4.78, 5) is 41.2. The number of benzene rings is 5. The zero-order chi connectivity index (χ0) is 95.1. The van der Waals surface area contributed by atoms with Crippen molar-refractivity contribution < 1.29 is 20.6 Å². The van der Waals surface area contributed by atoms with E-state index >= 15 is 0 Å². The van der Waals surface area contributed by atoms with Gasteiger partial charge in [-0.2, -0.15) is 0 Å². The molecule has 117 heavy (non-hydrogen) atoms. The van der Waals surface area contributed by atoms with E-state index in [1.54, 1.807) is 51.0 Å². The minimum atomic E-state index is -2.33. The van der Waals surface area contributed by atoms with E-state index < -0.39 is 46.3 Å². The van der Waals surface area contributed by atoms with Crippen LogP contribution in [-0.2, 0) is 27.1 Å². The van der Waals surface area contributed by atoms with Gasteiger partial charge in [0, 0.05) is 221 Å². The van der Waals surface area contributed by atoms with Crippen LogP contribution in [0.25, 0.3) is 55.6 Å². The second-order valence-electron chi connectivity index (χ2n) is 35.1. The Morgan fingerprint density at radius 3 is 1.09 bits per heavy atom. The molecule has 0 amide bonds. The van der Waals surface area contributed by atoms with Crippen molar-refractivity contribution in [2.24, 2.45) is 0 Å². The van der Waals surface area contributed by atoms with Crippen molar-refractivity contribution in [2.75, 3.05) is 59.5 Å². The van der Waals surface area contributed by atoms with Crippen LogP contribution in [0.1, 0.15) is 220 Å². The molecule has 6 atom stereocenters. The van der Waals surface area contributed by atoms with Gasteiger partial charge in [-0.3, -0.25) is 24.9 Å². The minimum Gasteiger partial charge on any atom is -0.359 e. The number of rotatable bonds is 5. The monoisotopic (exact) mass is 1570 g/mol. The van der Waals surface area contributed by atoms with Crippen LogP contribution in [0.5, 0.6) is 0 Å². The molecule has 1 fully saturated rings. The molecule has 11 aliphatic rings. The summed E-state index contributed by atoms with van der Waals surface area (Å²) in [5, 5.41) is 0. The van der Waals surface area contributed by atoms with Crippen molar-refractivity contribution >= 4 is 28.4 Å². The summed E-state index contributed by atoms with van der Waals surface area (Å²) >= 11 is 0. The van der Waals surface area contributed by atoms with Gasteiger partial charge < -0.3 is 49.0 Å². The molecular weight excluding hydrogens is 1440 g/mol.